The van der Waals surface area contributed by atoms with Gasteiger partial charge in [-0.2, -0.15) is 5.10 Å². The molecule has 2 rings (SSSR count). The van der Waals surface area contributed by atoms with Gasteiger partial charge in [-0.1, -0.05) is 30.3 Å². The van der Waals surface area contributed by atoms with Crippen molar-refractivity contribution in [2.24, 2.45) is 0 Å². The van der Waals surface area contributed by atoms with Crippen molar-refractivity contribution in [2.75, 3.05) is 0 Å². The van der Waals surface area contributed by atoms with E-state index in [0.717, 1.165) is 16.8 Å². The molecule has 0 aliphatic carbocycles. The second-order valence-electron chi connectivity index (χ2n) is 3.26. The van der Waals surface area contributed by atoms with Crippen LogP contribution < -0.4 is 0 Å². The van der Waals surface area contributed by atoms with E-state index >= 15 is 0 Å². The Morgan fingerprint density at radius 3 is 2.57 bits per heavy atom. The van der Waals surface area contributed by atoms with Gasteiger partial charge in [0.15, 0.2) is 0 Å². The lowest BCUT2D eigenvalue weighted by atomic mass is 10.0. The lowest BCUT2D eigenvalue weighted by molar-refractivity contribution is 0.219. The minimum atomic E-state index is -0.588. The number of aromatic amines is 1. The van der Waals surface area contributed by atoms with Crippen LogP contribution in [0, 0.1) is 6.92 Å². The molecule has 3 nitrogen and oxygen atoms in total. The first-order valence-corrected chi connectivity index (χ1v) is 4.52. The number of aryl methyl sites for hydroxylation is 1. The van der Waals surface area contributed by atoms with Crippen LogP contribution in [-0.2, 0) is 0 Å². The van der Waals surface area contributed by atoms with Crippen molar-refractivity contribution < 1.29 is 5.11 Å². The summed E-state index contributed by atoms with van der Waals surface area (Å²) in [6, 6.07) is 9.55. The highest BCUT2D eigenvalue weighted by Crippen LogP contribution is 2.22. The highest BCUT2D eigenvalue weighted by Gasteiger charge is 2.13. The molecule has 0 aliphatic heterocycles. The second kappa shape index (κ2) is 3.64. The van der Waals surface area contributed by atoms with Crippen LogP contribution in [0.3, 0.4) is 0 Å². The maximum Gasteiger partial charge on any atom is 0.107 e. The number of nitrogens with zero attached hydrogens (tertiary/aromatic N) is 1. The minimum Gasteiger partial charge on any atom is -0.384 e. The van der Waals surface area contributed by atoms with Gasteiger partial charge < -0.3 is 5.11 Å². The zero-order valence-corrected chi connectivity index (χ0v) is 7.94. The summed E-state index contributed by atoms with van der Waals surface area (Å²) in [5.41, 5.74) is 2.62. The SMILES string of the molecule is Cc1[nH]ncc1C(O)c1ccccc1. The molecule has 0 spiro atoms. The van der Waals surface area contributed by atoms with E-state index in [2.05, 4.69) is 10.2 Å². The van der Waals surface area contributed by atoms with Gasteiger partial charge >= 0.3 is 0 Å². The maximum absolute atomic E-state index is 10.0. The largest absolute Gasteiger partial charge is 0.384 e. The van der Waals surface area contributed by atoms with Gasteiger partial charge in [0.25, 0.3) is 0 Å². The average Bonchev–Trinajstić information content (AvgIpc) is 2.65. The molecule has 1 aromatic carbocycles. The van der Waals surface area contributed by atoms with Crippen LogP contribution in [0.5, 0.6) is 0 Å². The number of benzene rings is 1. The normalized spacial score (nSPS) is 12.7. The van der Waals surface area contributed by atoms with Gasteiger partial charge in [0.05, 0.1) is 6.20 Å². The van der Waals surface area contributed by atoms with Crippen molar-refractivity contribution in [1.29, 1.82) is 0 Å². The van der Waals surface area contributed by atoms with E-state index in [9.17, 15) is 5.11 Å². The smallest absolute Gasteiger partial charge is 0.107 e. The molecule has 1 atom stereocenters. The van der Waals surface area contributed by atoms with Crippen LogP contribution in [0.2, 0.25) is 0 Å². The first kappa shape index (κ1) is 8.97. The van der Waals surface area contributed by atoms with Gasteiger partial charge in [-0.3, -0.25) is 5.10 Å². The van der Waals surface area contributed by atoms with Crippen LogP contribution >= 0.6 is 0 Å². The van der Waals surface area contributed by atoms with E-state index in [-0.39, 0.29) is 0 Å². The van der Waals surface area contributed by atoms with E-state index in [1.807, 2.05) is 37.3 Å². The van der Waals surface area contributed by atoms with E-state index in [4.69, 9.17) is 0 Å². The highest BCUT2D eigenvalue weighted by molar-refractivity contribution is 5.29. The van der Waals surface area contributed by atoms with Gasteiger partial charge in [-0.25, -0.2) is 0 Å². The summed E-state index contributed by atoms with van der Waals surface area (Å²) >= 11 is 0. The van der Waals surface area contributed by atoms with Crippen LogP contribution in [0.1, 0.15) is 22.9 Å². The van der Waals surface area contributed by atoms with Gasteiger partial charge in [0, 0.05) is 11.3 Å². The first-order chi connectivity index (χ1) is 6.79. The number of aliphatic hydroxyl groups excluding tert-OH is 1. The Morgan fingerprint density at radius 2 is 2.00 bits per heavy atom. The molecule has 1 aromatic heterocycles. The Labute approximate surface area is 82.4 Å². The van der Waals surface area contributed by atoms with Crippen LogP contribution in [-0.4, -0.2) is 15.3 Å². The zero-order chi connectivity index (χ0) is 9.97. The van der Waals surface area contributed by atoms with Crippen LogP contribution in [0.15, 0.2) is 36.5 Å². The summed E-state index contributed by atoms with van der Waals surface area (Å²) in [7, 11) is 0. The van der Waals surface area contributed by atoms with Gasteiger partial charge in [0.1, 0.15) is 6.10 Å². The van der Waals surface area contributed by atoms with Gasteiger partial charge in [-0.15, -0.1) is 0 Å². The fourth-order valence-corrected chi connectivity index (χ4v) is 1.45. The lowest BCUT2D eigenvalue weighted by Crippen LogP contribution is -1.99. The molecule has 3 heteroatoms. The second-order valence-corrected chi connectivity index (χ2v) is 3.26. The van der Waals surface area contributed by atoms with Gasteiger partial charge in [0.2, 0.25) is 0 Å². The average molecular weight is 188 g/mol. The third kappa shape index (κ3) is 1.54. The molecule has 1 unspecified atom stereocenters. The number of nitrogens with one attached hydrogen (secondary N) is 1. The number of hydrogen-bond donors (Lipinski definition) is 2. The maximum atomic E-state index is 10.0. The van der Waals surface area contributed by atoms with Crippen LogP contribution in [0.4, 0.5) is 0 Å². The van der Waals surface area contributed by atoms with Crippen molar-refractivity contribution in [2.45, 2.75) is 13.0 Å². The van der Waals surface area contributed by atoms with E-state index in [0.29, 0.717) is 0 Å². The van der Waals surface area contributed by atoms with Gasteiger partial charge in [-0.05, 0) is 12.5 Å². The van der Waals surface area contributed by atoms with Crippen molar-refractivity contribution >= 4 is 0 Å². The molecule has 0 aliphatic rings. The molecule has 0 saturated carbocycles. The van der Waals surface area contributed by atoms with Crippen molar-refractivity contribution in [3.05, 3.63) is 53.3 Å². The predicted octanol–water partition coefficient (Wildman–Crippen LogP) is 1.80. The molecule has 0 amide bonds. The molecule has 14 heavy (non-hydrogen) atoms. The Morgan fingerprint density at radius 1 is 1.29 bits per heavy atom. The first-order valence-electron chi connectivity index (χ1n) is 4.52. The Balaban J connectivity index is 2.34. The monoisotopic (exact) mass is 188 g/mol. The fourth-order valence-electron chi connectivity index (χ4n) is 1.45. The summed E-state index contributed by atoms with van der Waals surface area (Å²) in [5, 5.41) is 16.7. The van der Waals surface area contributed by atoms with Crippen molar-refractivity contribution in [3.8, 4) is 0 Å². The minimum absolute atomic E-state index is 0.588. The quantitative estimate of drug-likeness (QED) is 0.755. The van der Waals surface area contributed by atoms with Crippen molar-refractivity contribution in [1.82, 2.24) is 10.2 Å². The Kier molecular flexibility index (Phi) is 2.33. The number of rotatable bonds is 2. The lowest BCUT2D eigenvalue weighted by Gasteiger charge is -2.09. The predicted molar refractivity (Wildman–Crippen MR) is 53.8 cm³/mol. The standard InChI is InChI=1S/C11H12N2O/c1-8-10(7-12-13-8)11(14)9-5-3-2-4-6-9/h2-7,11,14H,1H3,(H,12,13). The number of aliphatic hydroxyl groups is 1. The van der Waals surface area contributed by atoms with Crippen molar-refractivity contribution in [3.63, 3.8) is 0 Å². The van der Waals surface area contributed by atoms with E-state index in [1.165, 1.54) is 0 Å². The zero-order valence-electron chi connectivity index (χ0n) is 7.94. The summed E-state index contributed by atoms with van der Waals surface area (Å²) in [4.78, 5) is 0. The summed E-state index contributed by atoms with van der Waals surface area (Å²) < 4.78 is 0. The number of hydrogen-bond acceptors (Lipinski definition) is 2. The molecule has 0 radical (unpaired) electrons. The molecule has 2 aromatic rings. The Hall–Kier alpha value is -1.61. The molecule has 2 N–H and O–H groups in total. The third-order valence-corrected chi connectivity index (χ3v) is 2.28. The van der Waals surface area contributed by atoms with E-state index < -0.39 is 6.10 Å². The van der Waals surface area contributed by atoms with E-state index in [1.54, 1.807) is 6.20 Å². The highest BCUT2D eigenvalue weighted by atomic mass is 16.3. The molecule has 72 valence electrons. The molecular formula is C11H12N2O. The van der Waals surface area contributed by atoms with Crippen LogP contribution in [0.25, 0.3) is 0 Å². The summed E-state index contributed by atoms with van der Waals surface area (Å²) in [6.45, 7) is 1.90. The summed E-state index contributed by atoms with van der Waals surface area (Å²) in [6.07, 6.45) is 1.07. The molecule has 0 saturated heterocycles. The number of aromatic nitrogens is 2. The molecule has 1 heterocycles. The number of H-pyrrole nitrogens is 1. The summed E-state index contributed by atoms with van der Waals surface area (Å²) in [5.74, 6) is 0. The molecule has 0 fully saturated rings. The molecule has 0 bridgehead atoms. The molecular weight excluding hydrogens is 176 g/mol. The third-order valence-electron chi connectivity index (χ3n) is 2.28. The Bertz CT molecular complexity index is 408. The topological polar surface area (TPSA) is 48.9 Å². The fraction of sp³-hybridized carbons (Fsp3) is 0.182.